The number of nitro groups is 2. The Balaban J connectivity index is 1.25. The summed E-state index contributed by atoms with van der Waals surface area (Å²) in [6.07, 6.45) is 1.56. The van der Waals surface area contributed by atoms with Gasteiger partial charge in [0.05, 0.1) is 36.4 Å². The van der Waals surface area contributed by atoms with Gasteiger partial charge in [-0.05, 0) is 42.8 Å². The Labute approximate surface area is 248 Å². The molecule has 0 unspecified atom stereocenters. The lowest BCUT2D eigenvalue weighted by Gasteiger charge is -2.04. The molecule has 0 aliphatic carbocycles. The lowest BCUT2D eigenvalue weighted by molar-refractivity contribution is -0.387. The number of nitrogens with one attached hydrogen (secondary N) is 1. The van der Waals surface area contributed by atoms with Crippen LogP contribution in [0.15, 0.2) is 79.2 Å². The van der Waals surface area contributed by atoms with E-state index < -0.39 is 9.85 Å². The minimum absolute atomic E-state index is 0.0304. The van der Waals surface area contributed by atoms with Gasteiger partial charge in [0, 0.05) is 18.3 Å². The van der Waals surface area contributed by atoms with Crippen molar-refractivity contribution in [3.63, 3.8) is 0 Å². The molecule has 41 heavy (non-hydrogen) atoms. The third-order valence-electron chi connectivity index (χ3n) is 5.30. The van der Waals surface area contributed by atoms with E-state index in [1.807, 2.05) is 19.1 Å². The molecular weight excluding hydrogens is 607 g/mol. The summed E-state index contributed by atoms with van der Waals surface area (Å²) in [4.78, 5) is 43.7. The normalized spacial score (nSPS) is 11.2. The van der Waals surface area contributed by atoms with Crippen molar-refractivity contribution >= 4 is 91.3 Å². The van der Waals surface area contributed by atoms with Crippen molar-refractivity contribution in [3.05, 3.63) is 91.5 Å². The second kappa shape index (κ2) is 12.5. The third kappa shape index (κ3) is 7.10. The number of aliphatic imine (C=N–C) groups is 1. The van der Waals surface area contributed by atoms with E-state index in [4.69, 9.17) is 0 Å². The SMILES string of the molecule is Cc1nnc(Sc2ccc(C=Nc3ccc4nc(SCC(=O)Nc5ccccc5[N+](=O)[O-])sc4c3)cc2[N+](=O)[O-])s1. The first-order chi connectivity index (χ1) is 19.7. The zero-order valence-electron chi connectivity index (χ0n) is 20.9. The van der Waals surface area contributed by atoms with Crippen molar-refractivity contribution < 1.29 is 14.6 Å². The maximum Gasteiger partial charge on any atom is 0.292 e. The van der Waals surface area contributed by atoms with Crippen LogP contribution in [-0.2, 0) is 4.79 Å². The molecule has 3 aromatic carbocycles. The fourth-order valence-corrected chi connectivity index (χ4v) is 7.25. The molecule has 16 heteroatoms. The number of rotatable bonds is 10. The van der Waals surface area contributed by atoms with Gasteiger partial charge in [0.1, 0.15) is 10.7 Å². The number of fused-ring (bicyclic) bond motifs is 1. The monoisotopic (exact) mass is 623 g/mol. The van der Waals surface area contributed by atoms with E-state index in [1.165, 1.54) is 70.5 Å². The van der Waals surface area contributed by atoms with Gasteiger partial charge in [-0.25, -0.2) is 4.98 Å². The first-order valence-electron chi connectivity index (χ1n) is 11.6. The number of hydrogen-bond acceptors (Lipinski definition) is 13. The van der Waals surface area contributed by atoms with Gasteiger partial charge >= 0.3 is 0 Å². The number of benzene rings is 3. The summed E-state index contributed by atoms with van der Waals surface area (Å²) in [6.45, 7) is 1.82. The molecule has 5 rings (SSSR count). The summed E-state index contributed by atoms with van der Waals surface area (Å²) in [5, 5.41) is 34.1. The molecule has 2 aromatic heterocycles. The predicted octanol–water partition coefficient (Wildman–Crippen LogP) is 6.91. The molecule has 0 aliphatic heterocycles. The molecule has 0 saturated heterocycles. The van der Waals surface area contributed by atoms with Crippen LogP contribution in [0.4, 0.5) is 22.7 Å². The van der Waals surface area contributed by atoms with E-state index in [9.17, 15) is 25.0 Å². The number of aromatic nitrogens is 3. The zero-order chi connectivity index (χ0) is 28.9. The van der Waals surface area contributed by atoms with Gasteiger partial charge in [-0.15, -0.1) is 21.5 Å². The van der Waals surface area contributed by atoms with Crippen molar-refractivity contribution in [2.45, 2.75) is 20.5 Å². The second-order valence-electron chi connectivity index (χ2n) is 8.17. The third-order valence-corrected chi connectivity index (χ3v) is 9.42. The Hall–Kier alpha value is -4.25. The maximum atomic E-state index is 12.4. The highest BCUT2D eigenvalue weighted by Crippen LogP contribution is 2.37. The summed E-state index contributed by atoms with van der Waals surface area (Å²) in [5.41, 5.74) is 1.86. The van der Waals surface area contributed by atoms with Crippen LogP contribution < -0.4 is 5.32 Å². The highest BCUT2D eigenvalue weighted by molar-refractivity contribution is 8.01. The van der Waals surface area contributed by atoms with Crippen molar-refractivity contribution in [1.82, 2.24) is 15.2 Å². The largest absolute Gasteiger partial charge is 0.320 e. The first kappa shape index (κ1) is 28.3. The molecule has 0 spiro atoms. The van der Waals surface area contributed by atoms with Crippen LogP contribution in [0.5, 0.6) is 0 Å². The van der Waals surface area contributed by atoms with Crippen LogP contribution in [0.3, 0.4) is 0 Å². The molecule has 12 nitrogen and oxygen atoms in total. The number of para-hydroxylation sites is 2. The number of thiazole rings is 1. The van der Waals surface area contributed by atoms with E-state index in [0.29, 0.717) is 24.8 Å². The van der Waals surface area contributed by atoms with Crippen LogP contribution in [0, 0.1) is 27.2 Å². The minimum Gasteiger partial charge on any atom is -0.320 e. The molecule has 1 amide bonds. The highest BCUT2D eigenvalue weighted by Gasteiger charge is 2.18. The van der Waals surface area contributed by atoms with Gasteiger partial charge in [0.15, 0.2) is 8.68 Å². The fourth-order valence-electron chi connectivity index (χ4n) is 3.49. The molecule has 1 N–H and O–H groups in total. The standard InChI is InChI=1S/C25H17N7O5S4/c1-14-29-30-25(39-14)40-21-9-6-15(10-20(21)32(36)37)12-26-16-7-8-18-22(11-16)41-24(28-18)38-13-23(33)27-17-4-2-3-5-19(17)31(34)35/h2-12H,13H2,1H3,(H,27,33). The molecule has 5 aromatic rings. The molecule has 206 valence electrons. The Morgan fingerprint density at radius 2 is 1.80 bits per heavy atom. The average Bonchev–Trinajstić information content (AvgIpc) is 3.56. The molecule has 0 atom stereocenters. The van der Waals surface area contributed by atoms with Crippen molar-refractivity contribution in [2.75, 3.05) is 11.1 Å². The molecule has 2 heterocycles. The summed E-state index contributed by atoms with van der Waals surface area (Å²) < 4.78 is 2.14. The number of anilines is 1. The summed E-state index contributed by atoms with van der Waals surface area (Å²) in [6, 6.07) is 16.3. The quantitative estimate of drug-likeness (QED) is 0.0747. The molecule has 0 radical (unpaired) electrons. The summed E-state index contributed by atoms with van der Waals surface area (Å²) >= 11 is 5.18. The van der Waals surface area contributed by atoms with Gasteiger partial charge in [-0.2, -0.15) is 0 Å². The molecule has 0 saturated carbocycles. The maximum absolute atomic E-state index is 12.4. The second-order valence-corrected chi connectivity index (χ2v) is 12.9. The van der Waals surface area contributed by atoms with Gasteiger partial charge in [-0.1, -0.05) is 53.1 Å². The number of carbonyl (C=O) groups is 1. The van der Waals surface area contributed by atoms with E-state index >= 15 is 0 Å². The van der Waals surface area contributed by atoms with Crippen LogP contribution in [0.2, 0.25) is 0 Å². The minimum atomic E-state index is -0.547. The lowest BCUT2D eigenvalue weighted by Crippen LogP contribution is -2.15. The Kier molecular flexibility index (Phi) is 8.63. The van der Waals surface area contributed by atoms with Crippen LogP contribution >= 0.6 is 46.2 Å². The highest BCUT2D eigenvalue weighted by atomic mass is 32.2. The molecular formula is C25H17N7O5S4. The number of nitrogens with zero attached hydrogens (tertiary/aromatic N) is 6. The van der Waals surface area contributed by atoms with Gasteiger partial charge in [-0.3, -0.25) is 30.0 Å². The van der Waals surface area contributed by atoms with Gasteiger partial charge < -0.3 is 5.32 Å². The number of carbonyl (C=O) groups excluding carboxylic acids is 1. The Morgan fingerprint density at radius 3 is 2.56 bits per heavy atom. The molecule has 0 aliphatic rings. The number of aryl methyl sites for hydroxylation is 1. The smallest absolute Gasteiger partial charge is 0.292 e. The number of thioether (sulfide) groups is 1. The summed E-state index contributed by atoms with van der Waals surface area (Å²) in [7, 11) is 0. The average molecular weight is 624 g/mol. The number of hydrogen-bond donors (Lipinski definition) is 1. The topological polar surface area (TPSA) is 166 Å². The van der Waals surface area contributed by atoms with Crippen LogP contribution in [0.25, 0.3) is 10.2 Å². The summed E-state index contributed by atoms with van der Waals surface area (Å²) in [5.74, 6) is -0.353. The zero-order valence-corrected chi connectivity index (χ0v) is 24.2. The van der Waals surface area contributed by atoms with Gasteiger partial charge in [0.2, 0.25) is 5.91 Å². The number of amides is 1. The van der Waals surface area contributed by atoms with Crippen molar-refractivity contribution in [2.24, 2.45) is 4.99 Å². The molecule has 0 fully saturated rings. The fraction of sp³-hybridized carbons (Fsp3) is 0.0800. The van der Waals surface area contributed by atoms with E-state index in [2.05, 4.69) is 25.5 Å². The Bertz CT molecular complexity index is 1820. The first-order valence-corrected chi connectivity index (χ1v) is 15.1. The van der Waals surface area contributed by atoms with E-state index in [-0.39, 0.29) is 28.7 Å². The number of nitro benzene ring substituents is 2. The Morgan fingerprint density at radius 1 is 1.00 bits per heavy atom. The van der Waals surface area contributed by atoms with Crippen LogP contribution in [0.1, 0.15) is 10.6 Å². The molecule has 0 bridgehead atoms. The van der Waals surface area contributed by atoms with Crippen molar-refractivity contribution in [1.29, 1.82) is 0 Å². The predicted molar refractivity (Wildman–Crippen MR) is 161 cm³/mol. The lowest BCUT2D eigenvalue weighted by atomic mass is 10.2. The van der Waals surface area contributed by atoms with Gasteiger partial charge in [0.25, 0.3) is 11.4 Å². The van der Waals surface area contributed by atoms with E-state index in [0.717, 1.165) is 15.2 Å². The van der Waals surface area contributed by atoms with Crippen molar-refractivity contribution in [3.8, 4) is 0 Å². The van der Waals surface area contributed by atoms with Crippen LogP contribution in [-0.4, -0.2) is 42.9 Å². The van der Waals surface area contributed by atoms with E-state index in [1.54, 1.807) is 30.5 Å².